The molecule has 0 aliphatic rings. The van der Waals surface area contributed by atoms with E-state index in [1.165, 1.54) is 0 Å². The number of nitrogens with zero attached hydrogens (tertiary/aromatic N) is 2. The van der Waals surface area contributed by atoms with Crippen molar-refractivity contribution in [3.8, 4) is 0 Å². The molecule has 142 valence electrons. The van der Waals surface area contributed by atoms with Gasteiger partial charge < -0.3 is 19.8 Å². The average molecular weight is 441 g/mol. The number of carboxylic acid groups (broad SMARTS) is 1. The molecule has 0 spiro atoms. The molecule has 3 aromatic heterocycles. The second-order valence-electron chi connectivity index (χ2n) is 6.54. The van der Waals surface area contributed by atoms with Crippen molar-refractivity contribution in [3.05, 3.63) is 70.7 Å². The first-order valence-electron chi connectivity index (χ1n) is 8.70. The molecule has 28 heavy (non-hydrogen) atoms. The number of carbonyl (C=O) groups excluding carboxylic acids is 1. The van der Waals surface area contributed by atoms with E-state index in [-0.39, 0.29) is 18.7 Å². The molecule has 1 atom stereocenters. The van der Waals surface area contributed by atoms with Gasteiger partial charge in [0.1, 0.15) is 11.7 Å². The molecule has 4 rings (SSSR count). The highest BCUT2D eigenvalue weighted by molar-refractivity contribution is 9.10. The zero-order chi connectivity index (χ0) is 19.7. The lowest BCUT2D eigenvalue weighted by Gasteiger charge is -2.14. The molecule has 0 saturated carbocycles. The number of carbonyl (C=O) groups is 2. The summed E-state index contributed by atoms with van der Waals surface area (Å²) in [4.78, 5) is 31.6. The summed E-state index contributed by atoms with van der Waals surface area (Å²) in [5, 5.41) is 13.1. The second kappa shape index (κ2) is 7.47. The van der Waals surface area contributed by atoms with Gasteiger partial charge in [-0.25, -0.2) is 9.78 Å². The van der Waals surface area contributed by atoms with Crippen LogP contribution in [0.3, 0.4) is 0 Å². The van der Waals surface area contributed by atoms with Gasteiger partial charge in [0.2, 0.25) is 5.91 Å². The van der Waals surface area contributed by atoms with Gasteiger partial charge in [0, 0.05) is 40.4 Å². The van der Waals surface area contributed by atoms with Crippen LogP contribution >= 0.6 is 15.9 Å². The number of carboxylic acids is 1. The van der Waals surface area contributed by atoms with E-state index in [2.05, 4.69) is 31.2 Å². The highest BCUT2D eigenvalue weighted by Gasteiger charge is 2.22. The van der Waals surface area contributed by atoms with Crippen molar-refractivity contribution in [3.63, 3.8) is 0 Å². The maximum atomic E-state index is 12.4. The number of hydrogen-bond acceptors (Lipinski definition) is 3. The summed E-state index contributed by atoms with van der Waals surface area (Å²) in [6, 6.07) is 10.3. The van der Waals surface area contributed by atoms with E-state index < -0.39 is 12.0 Å². The predicted octanol–water partition coefficient (Wildman–Crippen LogP) is 2.93. The van der Waals surface area contributed by atoms with Crippen molar-refractivity contribution >= 4 is 44.4 Å². The summed E-state index contributed by atoms with van der Waals surface area (Å²) in [7, 11) is 0. The first-order chi connectivity index (χ1) is 13.5. The lowest BCUT2D eigenvalue weighted by atomic mass is 10.0. The van der Waals surface area contributed by atoms with Crippen molar-refractivity contribution in [2.75, 3.05) is 0 Å². The van der Waals surface area contributed by atoms with Crippen LogP contribution in [0, 0.1) is 0 Å². The van der Waals surface area contributed by atoms with Crippen molar-refractivity contribution in [2.45, 2.75) is 18.9 Å². The van der Waals surface area contributed by atoms with E-state index in [1.807, 2.05) is 47.0 Å². The number of rotatable bonds is 6. The Hall–Kier alpha value is -3.13. The highest BCUT2D eigenvalue weighted by atomic mass is 79.9. The molecule has 8 heteroatoms. The van der Waals surface area contributed by atoms with Gasteiger partial charge in [0.15, 0.2) is 0 Å². The predicted molar refractivity (Wildman–Crippen MR) is 108 cm³/mol. The average Bonchev–Trinajstić information content (AvgIpc) is 3.24. The van der Waals surface area contributed by atoms with Gasteiger partial charge in [0.25, 0.3) is 0 Å². The van der Waals surface area contributed by atoms with Crippen molar-refractivity contribution in [1.29, 1.82) is 0 Å². The molecule has 1 aromatic carbocycles. The summed E-state index contributed by atoms with van der Waals surface area (Å²) < 4.78 is 2.73. The van der Waals surface area contributed by atoms with Crippen molar-refractivity contribution in [1.82, 2.24) is 19.7 Å². The molecule has 0 saturated heterocycles. The summed E-state index contributed by atoms with van der Waals surface area (Å²) in [6.45, 7) is 0. The van der Waals surface area contributed by atoms with Gasteiger partial charge in [0.05, 0.1) is 12.1 Å². The van der Waals surface area contributed by atoms with E-state index in [0.717, 1.165) is 26.6 Å². The minimum absolute atomic E-state index is 0.0187. The number of halogens is 1. The maximum absolute atomic E-state index is 12.4. The van der Waals surface area contributed by atoms with E-state index in [4.69, 9.17) is 0 Å². The van der Waals surface area contributed by atoms with E-state index >= 15 is 0 Å². The van der Waals surface area contributed by atoms with Crippen LogP contribution in [-0.4, -0.2) is 37.4 Å². The Morgan fingerprint density at radius 2 is 2.14 bits per heavy atom. The molecule has 3 heterocycles. The van der Waals surface area contributed by atoms with Crippen molar-refractivity contribution < 1.29 is 14.7 Å². The first kappa shape index (κ1) is 18.2. The van der Waals surface area contributed by atoms with E-state index in [1.54, 1.807) is 12.4 Å². The monoisotopic (exact) mass is 440 g/mol. The van der Waals surface area contributed by atoms with Crippen LogP contribution in [0.5, 0.6) is 0 Å². The number of nitrogens with one attached hydrogen (secondary N) is 2. The normalized spacial score (nSPS) is 12.3. The number of amides is 1. The number of aromatic nitrogens is 3. The van der Waals surface area contributed by atoms with Gasteiger partial charge in [-0.3, -0.25) is 4.79 Å². The smallest absolute Gasteiger partial charge is 0.326 e. The number of aromatic amines is 1. The molecule has 0 radical (unpaired) electrons. The molecular formula is C20H17BrN4O3. The number of benzene rings is 1. The largest absolute Gasteiger partial charge is 0.480 e. The summed E-state index contributed by atoms with van der Waals surface area (Å²) in [6.07, 6.45) is 5.59. The topological polar surface area (TPSA) is 99.5 Å². The Morgan fingerprint density at radius 3 is 2.93 bits per heavy atom. The van der Waals surface area contributed by atoms with Crippen LogP contribution in [0.4, 0.5) is 0 Å². The highest BCUT2D eigenvalue weighted by Crippen LogP contribution is 2.23. The fourth-order valence-electron chi connectivity index (χ4n) is 3.22. The molecule has 0 aliphatic carbocycles. The van der Waals surface area contributed by atoms with Gasteiger partial charge in [-0.1, -0.05) is 22.0 Å². The van der Waals surface area contributed by atoms with Gasteiger partial charge in [-0.05, 0) is 35.9 Å². The number of hydrogen-bond donors (Lipinski definition) is 3. The molecule has 1 amide bonds. The Bertz CT molecular complexity index is 1150. The molecule has 0 aliphatic heterocycles. The van der Waals surface area contributed by atoms with Crippen LogP contribution in [0.15, 0.2) is 59.5 Å². The minimum atomic E-state index is -1.08. The molecule has 4 aromatic rings. The zero-order valence-corrected chi connectivity index (χ0v) is 16.3. The summed E-state index contributed by atoms with van der Waals surface area (Å²) in [5.41, 5.74) is 3.07. The van der Waals surface area contributed by atoms with Gasteiger partial charge in [-0.2, -0.15) is 0 Å². The summed E-state index contributed by atoms with van der Waals surface area (Å²) in [5.74, 6) is -1.45. The Balaban J connectivity index is 1.49. The zero-order valence-electron chi connectivity index (χ0n) is 14.7. The minimum Gasteiger partial charge on any atom is -0.480 e. The third-order valence-electron chi connectivity index (χ3n) is 4.54. The molecule has 0 bridgehead atoms. The molecule has 0 fully saturated rings. The molecule has 7 nitrogen and oxygen atoms in total. The Morgan fingerprint density at radius 1 is 1.29 bits per heavy atom. The van der Waals surface area contributed by atoms with Crippen LogP contribution in [0.25, 0.3) is 16.6 Å². The number of imidazole rings is 1. The quantitative estimate of drug-likeness (QED) is 0.429. The lowest BCUT2D eigenvalue weighted by molar-refractivity contribution is -0.141. The van der Waals surface area contributed by atoms with Crippen LogP contribution in [-0.2, 0) is 22.4 Å². The summed E-state index contributed by atoms with van der Waals surface area (Å²) >= 11 is 3.43. The fourth-order valence-corrected chi connectivity index (χ4v) is 3.58. The van der Waals surface area contributed by atoms with Crippen molar-refractivity contribution in [2.24, 2.45) is 0 Å². The number of pyridine rings is 1. The standard InChI is InChI=1S/C20H17BrN4O3/c21-13-4-5-16-15(8-13)12(10-22-16)7-17(20(27)28)24-19(26)9-14-11-25-6-2-1-3-18(25)23-14/h1-6,8,10-11,17,22H,7,9H2,(H,24,26)(H,27,28)/t17-/m0/s1. The molecule has 0 unspecified atom stereocenters. The molecular weight excluding hydrogens is 424 g/mol. The van der Waals surface area contributed by atoms with E-state index in [0.29, 0.717) is 5.69 Å². The third kappa shape index (κ3) is 3.77. The maximum Gasteiger partial charge on any atom is 0.326 e. The van der Waals surface area contributed by atoms with Gasteiger partial charge >= 0.3 is 5.97 Å². The Kier molecular flexibility index (Phi) is 4.87. The lowest BCUT2D eigenvalue weighted by Crippen LogP contribution is -2.43. The van der Waals surface area contributed by atoms with E-state index in [9.17, 15) is 14.7 Å². The first-order valence-corrected chi connectivity index (χ1v) is 9.49. The van der Waals surface area contributed by atoms with Crippen LogP contribution < -0.4 is 5.32 Å². The number of aliphatic carboxylic acids is 1. The van der Waals surface area contributed by atoms with Crippen LogP contribution in [0.1, 0.15) is 11.3 Å². The van der Waals surface area contributed by atoms with Crippen LogP contribution in [0.2, 0.25) is 0 Å². The Labute approximate surface area is 168 Å². The number of H-pyrrole nitrogens is 1. The van der Waals surface area contributed by atoms with Gasteiger partial charge in [-0.15, -0.1) is 0 Å². The number of fused-ring (bicyclic) bond motifs is 2. The fraction of sp³-hybridized carbons (Fsp3) is 0.150. The third-order valence-corrected chi connectivity index (χ3v) is 5.04. The molecule has 3 N–H and O–H groups in total. The SMILES string of the molecule is O=C(Cc1cn2ccccc2n1)N[C@@H](Cc1c[nH]c2ccc(Br)cc12)C(=O)O. The second-order valence-corrected chi connectivity index (χ2v) is 7.46.